The van der Waals surface area contributed by atoms with Crippen molar-refractivity contribution in [2.75, 3.05) is 5.32 Å². The van der Waals surface area contributed by atoms with Crippen molar-refractivity contribution in [1.29, 1.82) is 0 Å². The van der Waals surface area contributed by atoms with Gasteiger partial charge < -0.3 is 5.32 Å². The lowest BCUT2D eigenvalue weighted by atomic mass is 10.2. The molecule has 0 aliphatic carbocycles. The summed E-state index contributed by atoms with van der Waals surface area (Å²) in [4.78, 5) is 24.1. The van der Waals surface area contributed by atoms with Gasteiger partial charge in [0.1, 0.15) is 0 Å². The van der Waals surface area contributed by atoms with Crippen LogP contribution in [0.2, 0.25) is 5.02 Å². The number of amides is 1. The van der Waals surface area contributed by atoms with Crippen LogP contribution in [-0.4, -0.2) is 15.0 Å². The molecule has 1 amide bonds. The minimum atomic E-state index is -0.225. The summed E-state index contributed by atoms with van der Waals surface area (Å²) in [6.45, 7) is 0. The number of nitrogens with zero attached hydrogens (tertiary/aromatic N) is 2. The van der Waals surface area contributed by atoms with Crippen LogP contribution in [0.4, 0.5) is 5.69 Å². The van der Waals surface area contributed by atoms with E-state index in [0.29, 0.717) is 16.3 Å². The molecule has 0 aliphatic heterocycles. The second kappa shape index (κ2) is 5.35. The van der Waals surface area contributed by atoms with E-state index in [4.69, 9.17) is 11.6 Å². The molecule has 1 N–H and O–H groups in total. The van der Waals surface area contributed by atoms with Gasteiger partial charge in [0.05, 0.1) is 11.0 Å². The molecule has 22 heavy (non-hydrogen) atoms. The van der Waals surface area contributed by atoms with E-state index in [1.165, 1.54) is 0 Å². The first-order valence-electron chi connectivity index (χ1n) is 6.70. The Kier molecular flexibility index (Phi) is 3.50. The van der Waals surface area contributed by atoms with E-state index < -0.39 is 0 Å². The molecule has 0 spiro atoms. The monoisotopic (exact) mass is 315 g/mol. The fourth-order valence-electron chi connectivity index (χ4n) is 2.39. The van der Waals surface area contributed by atoms with E-state index in [1.54, 1.807) is 59.6 Å². The van der Waals surface area contributed by atoms with Crippen LogP contribution < -0.4 is 11.0 Å². The van der Waals surface area contributed by atoms with Gasteiger partial charge in [0.15, 0.2) is 0 Å². The molecule has 0 saturated heterocycles. The number of halogens is 1. The van der Waals surface area contributed by atoms with Gasteiger partial charge in [-0.05, 0) is 42.5 Å². The highest BCUT2D eigenvalue weighted by atomic mass is 35.5. The molecule has 1 aromatic heterocycles. The lowest BCUT2D eigenvalue weighted by Crippen LogP contribution is -2.19. The van der Waals surface area contributed by atoms with E-state index in [2.05, 4.69) is 5.32 Å². The molecule has 0 saturated carbocycles. The zero-order valence-electron chi connectivity index (χ0n) is 12.1. The molecular weight excluding hydrogens is 302 g/mol. The van der Waals surface area contributed by atoms with Crippen molar-refractivity contribution in [1.82, 2.24) is 9.13 Å². The highest BCUT2D eigenvalue weighted by Gasteiger charge is 2.10. The molecule has 1 heterocycles. The van der Waals surface area contributed by atoms with Crippen molar-refractivity contribution >= 4 is 34.2 Å². The van der Waals surface area contributed by atoms with E-state index in [-0.39, 0.29) is 11.6 Å². The maximum atomic E-state index is 12.2. The molecule has 0 aliphatic rings. The highest BCUT2D eigenvalue weighted by Crippen LogP contribution is 2.18. The Morgan fingerprint density at radius 2 is 1.64 bits per heavy atom. The van der Waals surface area contributed by atoms with Crippen molar-refractivity contribution in [3.63, 3.8) is 0 Å². The van der Waals surface area contributed by atoms with Crippen LogP contribution in [0.5, 0.6) is 0 Å². The fraction of sp³-hybridized carbons (Fsp3) is 0.125. The standard InChI is InChI=1S/C16H14ClN3O2/c1-19-13-8-7-12(9-14(13)20(2)16(19)22)18-15(21)10-3-5-11(17)6-4-10/h3-9H,1-2H3,(H,18,21). The van der Waals surface area contributed by atoms with Crippen molar-refractivity contribution in [2.45, 2.75) is 0 Å². The average molecular weight is 316 g/mol. The minimum absolute atomic E-state index is 0.101. The smallest absolute Gasteiger partial charge is 0.322 e. The Bertz CT molecular complexity index is 923. The summed E-state index contributed by atoms with van der Waals surface area (Å²) >= 11 is 5.81. The van der Waals surface area contributed by atoms with E-state index in [9.17, 15) is 9.59 Å². The number of rotatable bonds is 2. The SMILES string of the molecule is Cn1c(=O)n(C)c2cc(NC(=O)c3ccc(Cl)cc3)ccc21. The highest BCUT2D eigenvalue weighted by molar-refractivity contribution is 6.30. The normalized spacial score (nSPS) is 10.9. The number of hydrogen-bond donors (Lipinski definition) is 1. The molecule has 112 valence electrons. The van der Waals surface area contributed by atoms with Gasteiger partial charge in [-0.2, -0.15) is 0 Å². The number of hydrogen-bond acceptors (Lipinski definition) is 2. The van der Waals surface area contributed by atoms with Crippen molar-refractivity contribution in [2.24, 2.45) is 14.1 Å². The molecule has 0 radical (unpaired) electrons. The van der Waals surface area contributed by atoms with Crippen LogP contribution in [0.1, 0.15) is 10.4 Å². The first kappa shape index (κ1) is 14.4. The Balaban J connectivity index is 1.94. The number of carbonyl (C=O) groups is 1. The van der Waals surface area contributed by atoms with E-state index >= 15 is 0 Å². The summed E-state index contributed by atoms with van der Waals surface area (Å²) in [6, 6.07) is 12.0. The molecule has 6 heteroatoms. The number of nitrogens with one attached hydrogen (secondary N) is 1. The average Bonchev–Trinajstić information content (AvgIpc) is 2.72. The second-order valence-corrected chi connectivity index (χ2v) is 5.50. The summed E-state index contributed by atoms with van der Waals surface area (Å²) < 4.78 is 3.12. The van der Waals surface area contributed by atoms with E-state index in [1.807, 2.05) is 6.07 Å². The molecule has 0 atom stereocenters. The third kappa shape index (κ3) is 2.40. The van der Waals surface area contributed by atoms with Gasteiger partial charge in [-0.15, -0.1) is 0 Å². The van der Waals surface area contributed by atoms with Crippen LogP contribution in [-0.2, 0) is 14.1 Å². The Morgan fingerprint density at radius 3 is 2.32 bits per heavy atom. The predicted octanol–water partition coefficient (Wildman–Crippen LogP) is 2.78. The Hall–Kier alpha value is -2.53. The number of carbonyl (C=O) groups excluding carboxylic acids is 1. The number of anilines is 1. The van der Waals surface area contributed by atoms with Crippen LogP contribution in [0.15, 0.2) is 47.3 Å². The lowest BCUT2D eigenvalue weighted by Gasteiger charge is -2.06. The van der Waals surface area contributed by atoms with Crippen molar-refractivity contribution < 1.29 is 4.79 Å². The van der Waals surface area contributed by atoms with Crippen molar-refractivity contribution in [3.8, 4) is 0 Å². The minimum Gasteiger partial charge on any atom is -0.322 e. The fourth-order valence-corrected chi connectivity index (χ4v) is 2.52. The van der Waals surface area contributed by atoms with Gasteiger partial charge in [-0.3, -0.25) is 13.9 Å². The summed E-state index contributed by atoms with van der Waals surface area (Å²) in [7, 11) is 3.42. The predicted molar refractivity (Wildman–Crippen MR) is 87.6 cm³/mol. The largest absolute Gasteiger partial charge is 0.328 e. The number of aromatic nitrogens is 2. The van der Waals surface area contributed by atoms with Crippen LogP contribution in [0.25, 0.3) is 11.0 Å². The van der Waals surface area contributed by atoms with Crippen LogP contribution in [0, 0.1) is 0 Å². The first-order valence-corrected chi connectivity index (χ1v) is 7.07. The zero-order valence-corrected chi connectivity index (χ0v) is 12.9. The maximum absolute atomic E-state index is 12.2. The second-order valence-electron chi connectivity index (χ2n) is 5.07. The van der Waals surface area contributed by atoms with Gasteiger partial charge in [0, 0.05) is 30.4 Å². The maximum Gasteiger partial charge on any atom is 0.328 e. The Morgan fingerprint density at radius 1 is 1.00 bits per heavy atom. The molecule has 3 aromatic rings. The summed E-state index contributed by atoms with van der Waals surface area (Å²) in [5.41, 5.74) is 2.63. The Labute approximate surface area is 131 Å². The van der Waals surface area contributed by atoms with Gasteiger partial charge >= 0.3 is 5.69 Å². The summed E-state index contributed by atoms with van der Waals surface area (Å²) in [6.07, 6.45) is 0. The topological polar surface area (TPSA) is 56.0 Å². The van der Waals surface area contributed by atoms with Crippen molar-refractivity contribution in [3.05, 3.63) is 63.5 Å². The third-order valence-electron chi connectivity index (χ3n) is 3.64. The van der Waals surface area contributed by atoms with E-state index in [0.717, 1.165) is 11.0 Å². The number of fused-ring (bicyclic) bond motifs is 1. The molecule has 0 fully saturated rings. The molecule has 0 unspecified atom stereocenters. The van der Waals surface area contributed by atoms with Gasteiger partial charge in [0.25, 0.3) is 5.91 Å². The molecule has 3 rings (SSSR count). The summed E-state index contributed by atoms with van der Waals surface area (Å²) in [5, 5.41) is 3.40. The molecular formula is C16H14ClN3O2. The number of benzene rings is 2. The number of imidazole rings is 1. The van der Waals surface area contributed by atoms with Gasteiger partial charge in [0.2, 0.25) is 0 Å². The van der Waals surface area contributed by atoms with Gasteiger partial charge in [-0.1, -0.05) is 11.6 Å². The quantitative estimate of drug-likeness (QED) is 0.790. The van der Waals surface area contributed by atoms with Crippen LogP contribution in [0.3, 0.4) is 0 Å². The molecule has 0 bridgehead atoms. The summed E-state index contributed by atoms with van der Waals surface area (Å²) in [5.74, 6) is -0.225. The zero-order chi connectivity index (χ0) is 15.9. The van der Waals surface area contributed by atoms with Gasteiger partial charge in [-0.25, -0.2) is 4.79 Å². The molecule has 5 nitrogen and oxygen atoms in total. The lowest BCUT2D eigenvalue weighted by molar-refractivity contribution is 0.102. The number of aryl methyl sites for hydroxylation is 2. The van der Waals surface area contributed by atoms with Crippen LogP contribution >= 0.6 is 11.6 Å². The first-order chi connectivity index (χ1) is 10.5. The third-order valence-corrected chi connectivity index (χ3v) is 3.89. The molecule has 2 aromatic carbocycles.